The van der Waals surface area contributed by atoms with E-state index in [0.717, 1.165) is 19.3 Å². The van der Waals surface area contributed by atoms with E-state index in [4.69, 9.17) is 5.26 Å². The highest BCUT2D eigenvalue weighted by molar-refractivity contribution is 5.92. The maximum absolute atomic E-state index is 11.8. The van der Waals surface area contributed by atoms with Gasteiger partial charge < -0.3 is 0 Å². The van der Waals surface area contributed by atoms with Crippen molar-refractivity contribution in [1.29, 1.82) is 5.26 Å². The van der Waals surface area contributed by atoms with E-state index in [1.807, 2.05) is 0 Å². The number of hydrogen-bond acceptors (Lipinski definition) is 3. The Bertz CT molecular complexity index is 436. The fourth-order valence-electron chi connectivity index (χ4n) is 1.86. The summed E-state index contributed by atoms with van der Waals surface area (Å²) >= 11 is 0. The molecule has 0 radical (unpaired) electrons. The van der Waals surface area contributed by atoms with E-state index < -0.39 is 0 Å². The Hall–Kier alpha value is -1.89. The third kappa shape index (κ3) is 2.19. The Morgan fingerprint density at radius 2 is 2.25 bits per heavy atom. The monoisotopic (exact) mass is 215 g/mol. The van der Waals surface area contributed by atoms with Crippen LogP contribution in [0.1, 0.15) is 31.2 Å². The Morgan fingerprint density at radius 1 is 1.38 bits per heavy atom. The Labute approximate surface area is 94.5 Å². The van der Waals surface area contributed by atoms with E-state index in [1.54, 1.807) is 23.2 Å². The van der Waals surface area contributed by atoms with Crippen LogP contribution < -0.4 is 4.90 Å². The van der Waals surface area contributed by atoms with E-state index in [0.29, 0.717) is 24.3 Å². The first kappa shape index (κ1) is 10.6. The zero-order valence-electron chi connectivity index (χ0n) is 9.02. The van der Waals surface area contributed by atoms with Gasteiger partial charge in [0.2, 0.25) is 5.91 Å². The topological polar surface area (TPSA) is 57.0 Å². The van der Waals surface area contributed by atoms with Gasteiger partial charge in [-0.2, -0.15) is 5.26 Å². The molecular weight excluding hydrogens is 202 g/mol. The highest BCUT2D eigenvalue weighted by Gasteiger charge is 2.19. The first-order valence-corrected chi connectivity index (χ1v) is 5.48. The summed E-state index contributed by atoms with van der Waals surface area (Å²) < 4.78 is 0. The Kier molecular flexibility index (Phi) is 3.16. The number of amides is 1. The molecule has 0 aliphatic carbocycles. The Balaban J connectivity index is 2.27. The number of carbonyl (C=O) groups excluding carboxylic acids is 1. The number of hydrogen-bond donors (Lipinski definition) is 0. The molecule has 1 aliphatic heterocycles. The van der Waals surface area contributed by atoms with Crippen molar-refractivity contribution in [3.05, 3.63) is 23.9 Å². The zero-order chi connectivity index (χ0) is 11.4. The van der Waals surface area contributed by atoms with Gasteiger partial charge >= 0.3 is 0 Å². The zero-order valence-corrected chi connectivity index (χ0v) is 9.02. The Morgan fingerprint density at radius 3 is 3.06 bits per heavy atom. The molecule has 0 aromatic carbocycles. The molecule has 1 saturated heterocycles. The molecule has 2 rings (SSSR count). The molecule has 82 valence electrons. The van der Waals surface area contributed by atoms with Crippen LogP contribution in [0, 0.1) is 11.3 Å². The molecule has 1 aliphatic rings. The summed E-state index contributed by atoms with van der Waals surface area (Å²) in [6.45, 7) is 0.709. The molecule has 0 unspecified atom stereocenters. The number of nitriles is 1. The third-order valence-corrected chi connectivity index (χ3v) is 2.72. The van der Waals surface area contributed by atoms with E-state index in [2.05, 4.69) is 11.1 Å². The molecule has 16 heavy (non-hydrogen) atoms. The normalized spacial score (nSPS) is 16.7. The molecule has 4 heteroatoms. The molecule has 1 aromatic rings. The van der Waals surface area contributed by atoms with Gasteiger partial charge in [0.25, 0.3) is 0 Å². The number of anilines is 1. The summed E-state index contributed by atoms with van der Waals surface area (Å²) in [6, 6.07) is 5.37. The molecule has 4 nitrogen and oxygen atoms in total. The minimum absolute atomic E-state index is 0.111. The van der Waals surface area contributed by atoms with E-state index in [9.17, 15) is 4.79 Å². The van der Waals surface area contributed by atoms with Gasteiger partial charge in [-0.25, -0.2) is 4.98 Å². The fraction of sp³-hybridized carbons (Fsp3) is 0.417. The fourth-order valence-corrected chi connectivity index (χ4v) is 1.86. The minimum Gasteiger partial charge on any atom is -0.297 e. The van der Waals surface area contributed by atoms with Gasteiger partial charge in [0, 0.05) is 19.2 Å². The summed E-state index contributed by atoms with van der Waals surface area (Å²) in [7, 11) is 0. The van der Waals surface area contributed by atoms with Crippen molar-refractivity contribution >= 4 is 11.7 Å². The quantitative estimate of drug-likeness (QED) is 0.718. The average Bonchev–Trinajstić information content (AvgIpc) is 2.54. The van der Waals surface area contributed by atoms with Crippen LogP contribution in [0.25, 0.3) is 0 Å². The smallest absolute Gasteiger partial charge is 0.228 e. The van der Waals surface area contributed by atoms with Crippen LogP contribution >= 0.6 is 0 Å². The maximum Gasteiger partial charge on any atom is 0.228 e. The minimum atomic E-state index is 0.111. The second-order valence-electron chi connectivity index (χ2n) is 3.87. The van der Waals surface area contributed by atoms with Crippen LogP contribution in [-0.4, -0.2) is 17.4 Å². The van der Waals surface area contributed by atoms with Crippen LogP contribution in [0.4, 0.5) is 5.82 Å². The van der Waals surface area contributed by atoms with Crippen LogP contribution in [0.15, 0.2) is 18.3 Å². The summed E-state index contributed by atoms with van der Waals surface area (Å²) in [5.74, 6) is 0.714. The third-order valence-electron chi connectivity index (χ3n) is 2.72. The van der Waals surface area contributed by atoms with Crippen LogP contribution in [0.5, 0.6) is 0 Å². The van der Waals surface area contributed by atoms with E-state index in [1.165, 1.54) is 0 Å². The molecule has 0 spiro atoms. The van der Waals surface area contributed by atoms with Crippen molar-refractivity contribution < 1.29 is 4.79 Å². The van der Waals surface area contributed by atoms with Crippen LogP contribution in [-0.2, 0) is 4.79 Å². The van der Waals surface area contributed by atoms with Gasteiger partial charge in [0.05, 0.1) is 11.6 Å². The van der Waals surface area contributed by atoms with Gasteiger partial charge in [-0.3, -0.25) is 9.69 Å². The number of rotatable bonds is 1. The highest BCUT2D eigenvalue weighted by atomic mass is 16.2. The molecule has 2 heterocycles. The number of pyridine rings is 1. The van der Waals surface area contributed by atoms with Gasteiger partial charge in [-0.15, -0.1) is 0 Å². The van der Waals surface area contributed by atoms with Gasteiger partial charge in [0.15, 0.2) is 0 Å². The predicted octanol–water partition coefficient (Wildman–Crippen LogP) is 1.86. The van der Waals surface area contributed by atoms with Crippen molar-refractivity contribution in [3.8, 4) is 6.07 Å². The van der Waals surface area contributed by atoms with Gasteiger partial charge in [0.1, 0.15) is 5.82 Å². The second kappa shape index (κ2) is 4.75. The number of aromatic nitrogens is 1. The molecule has 0 N–H and O–H groups in total. The van der Waals surface area contributed by atoms with Crippen molar-refractivity contribution in [3.63, 3.8) is 0 Å². The summed E-state index contributed by atoms with van der Waals surface area (Å²) in [6.07, 6.45) is 5.20. The molecule has 1 fully saturated rings. The van der Waals surface area contributed by atoms with Gasteiger partial charge in [-0.05, 0) is 25.0 Å². The first-order valence-electron chi connectivity index (χ1n) is 5.48. The van der Waals surface area contributed by atoms with Crippen molar-refractivity contribution in [2.75, 3.05) is 11.4 Å². The maximum atomic E-state index is 11.8. The lowest BCUT2D eigenvalue weighted by Crippen LogP contribution is -2.30. The number of carbonyl (C=O) groups is 1. The highest BCUT2D eigenvalue weighted by Crippen LogP contribution is 2.18. The lowest BCUT2D eigenvalue weighted by atomic mass is 10.2. The molecule has 0 atom stereocenters. The lowest BCUT2D eigenvalue weighted by Gasteiger charge is -2.19. The average molecular weight is 215 g/mol. The molecule has 1 aromatic heterocycles. The van der Waals surface area contributed by atoms with Crippen LogP contribution in [0.2, 0.25) is 0 Å². The summed E-state index contributed by atoms with van der Waals surface area (Å²) in [5, 5.41) is 8.80. The second-order valence-corrected chi connectivity index (χ2v) is 3.87. The van der Waals surface area contributed by atoms with Crippen LogP contribution in [0.3, 0.4) is 0 Å². The van der Waals surface area contributed by atoms with E-state index in [-0.39, 0.29) is 5.91 Å². The molecule has 0 bridgehead atoms. The van der Waals surface area contributed by atoms with Crippen molar-refractivity contribution in [2.45, 2.75) is 25.7 Å². The van der Waals surface area contributed by atoms with Crippen molar-refractivity contribution in [1.82, 2.24) is 4.98 Å². The lowest BCUT2D eigenvalue weighted by molar-refractivity contribution is -0.118. The molecule has 0 saturated carbocycles. The number of nitrogens with zero attached hydrogens (tertiary/aromatic N) is 3. The molecule has 1 amide bonds. The summed E-state index contributed by atoms with van der Waals surface area (Å²) in [5.41, 5.74) is 0.544. The summed E-state index contributed by atoms with van der Waals surface area (Å²) in [4.78, 5) is 17.7. The standard InChI is InChI=1S/C12H13N3O/c13-9-10-5-6-14-11(8-10)15-7-3-1-2-4-12(15)16/h5-6,8H,1-4,7H2. The molecular formula is C12H13N3O. The van der Waals surface area contributed by atoms with Crippen molar-refractivity contribution in [2.24, 2.45) is 0 Å². The predicted molar refractivity (Wildman–Crippen MR) is 59.8 cm³/mol. The SMILES string of the molecule is N#Cc1ccnc(N2CCCCCC2=O)c1. The van der Waals surface area contributed by atoms with Gasteiger partial charge in [-0.1, -0.05) is 6.42 Å². The largest absolute Gasteiger partial charge is 0.297 e. The first-order chi connectivity index (χ1) is 7.81. The van der Waals surface area contributed by atoms with E-state index >= 15 is 0 Å².